The van der Waals surface area contributed by atoms with E-state index in [2.05, 4.69) is 5.32 Å². The molecule has 1 aliphatic rings. The van der Waals surface area contributed by atoms with E-state index in [0.29, 0.717) is 6.42 Å². The Morgan fingerprint density at radius 3 is 2.57 bits per heavy atom. The maximum Gasteiger partial charge on any atom is 0.326 e. The molecule has 0 radical (unpaired) electrons. The zero-order valence-electron chi connectivity index (χ0n) is 11.8. The zero-order chi connectivity index (χ0) is 15.7. The fourth-order valence-electron chi connectivity index (χ4n) is 2.40. The molecule has 0 saturated heterocycles. The third kappa shape index (κ3) is 3.37. The van der Waals surface area contributed by atoms with Gasteiger partial charge in [-0.1, -0.05) is 13.8 Å². The van der Waals surface area contributed by atoms with Crippen LogP contribution in [0.1, 0.15) is 31.7 Å². The fourth-order valence-corrected chi connectivity index (χ4v) is 2.40. The van der Waals surface area contributed by atoms with Crippen molar-refractivity contribution >= 4 is 11.9 Å². The number of carboxylic acid groups (broad SMARTS) is 1. The van der Waals surface area contributed by atoms with Crippen LogP contribution in [0.3, 0.4) is 0 Å². The Bertz CT molecular complexity index is 574. The first-order chi connectivity index (χ1) is 9.81. The molecule has 6 heteroatoms. The normalized spacial score (nSPS) is 22.0. The number of hydrogen-bond acceptors (Lipinski definition) is 2. The Balaban J connectivity index is 2.04. The van der Waals surface area contributed by atoms with Crippen LogP contribution in [0.15, 0.2) is 18.2 Å². The zero-order valence-corrected chi connectivity index (χ0v) is 11.8. The van der Waals surface area contributed by atoms with Gasteiger partial charge in [-0.3, -0.25) is 4.79 Å². The number of carboxylic acids is 1. The SMILES string of the molecule is CC(C)[C@@H](NC(=O)C1CC1c1cc(F)ccc1F)C(=O)O. The minimum atomic E-state index is -1.10. The monoisotopic (exact) mass is 297 g/mol. The minimum absolute atomic E-state index is 0.173. The van der Waals surface area contributed by atoms with Gasteiger partial charge in [-0.15, -0.1) is 0 Å². The number of hydrogen-bond donors (Lipinski definition) is 2. The van der Waals surface area contributed by atoms with Crippen molar-refractivity contribution in [1.29, 1.82) is 0 Å². The summed E-state index contributed by atoms with van der Waals surface area (Å²) in [6.45, 7) is 3.38. The summed E-state index contributed by atoms with van der Waals surface area (Å²) >= 11 is 0. The van der Waals surface area contributed by atoms with Crippen molar-refractivity contribution in [3.05, 3.63) is 35.4 Å². The summed E-state index contributed by atoms with van der Waals surface area (Å²) in [5, 5.41) is 11.5. The average Bonchev–Trinajstić information content (AvgIpc) is 3.18. The molecule has 1 amide bonds. The van der Waals surface area contributed by atoms with Crippen molar-refractivity contribution in [3.63, 3.8) is 0 Å². The second-order valence-corrected chi connectivity index (χ2v) is 5.68. The van der Waals surface area contributed by atoms with Crippen molar-refractivity contribution in [2.45, 2.75) is 32.2 Å². The molecule has 1 aromatic rings. The molecule has 0 heterocycles. The van der Waals surface area contributed by atoms with Crippen molar-refractivity contribution in [2.75, 3.05) is 0 Å². The molecule has 114 valence electrons. The lowest BCUT2D eigenvalue weighted by molar-refractivity contribution is -0.143. The van der Waals surface area contributed by atoms with E-state index in [1.165, 1.54) is 0 Å². The molecule has 2 unspecified atom stereocenters. The van der Waals surface area contributed by atoms with E-state index in [1.54, 1.807) is 13.8 Å². The topological polar surface area (TPSA) is 66.4 Å². The molecular formula is C15H17F2NO3. The van der Waals surface area contributed by atoms with Crippen LogP contribution in [0.4, 0.5) is 8.78 Å². The standard InChI is InChI=1S/C15H17F2NO3/c1-7(2)13(15(20)21)18-14(19)11-6-9(11)10-5-8(16)3-4-12(10)17/h3-5,7,9,11,13H,6H2,1-2H3,(H,18,19)(H,20,21)/t9?,11?,13-/m1/s1. The fraction of sp³-hybridized carbons (Fsp3) is 0.467. The highest BCUT2D eigenvalue weighted by molar-refractivity contribution is 5.87. The van der Waals surface area contributed by atoms with Crippen LogP contribution in [0.5, 0.6) is 0 Å². The Hall–Kier alpha value is -1.98. The second kappa shape index (κ2) is 5.79. The number of nitrogens with one attached hydrogen (secondary N) is 1. The van der Waals surface area contributed by atoms with E-state index in [4.69, 9.17) is 5.11 Å². The quantitative estimate of drug-likeness (QED) is 0.876. The second-order valence-electron chi connectivity index (χ2n) is 5.68. The first-order valence-corrected chi connectivity index (χ1v) is 6.79. The summed E-state index contributed by atoms with van der Waals surface area (Å²) in [7, 11) is 0. The lowest BCUT2D eigenvalue weighted by Gasteiger charge is -2.17. The summed E-state index contributed by atoms with van der Waals surface area (Å²) in [5.41, 5.74) is 0.173. The van der Waals surface area contributed by atoms with Gasteiger partial charge in [0.2, 0.25) is 5.91 Å². The number of halogens is 2. The van der Waals surface area contributed by atoms with Gasteiger partial charge < -0.3 is 10.4 Å². The highest BCUT2D eigenvalue weighted by Crippen LogP contribution is 2.48. The maximum absolute atomic E-state index is 13.6. The molecule has 4 nitrogen and oxygen atoms in total. The van der Waals surface area contributed by atoms with Crippen LogP contribution in [0.2, 0.25) is 0 Å². The van der Waals surface area contributed by atoms with Crippen LogP contribution in [0.25, 0.3) is 0 Å². The Morgan fingerprint density at radius 2 is 2.00 bits per heavy atom. The van der Waals surface area contributed by atoms with Crippen LogP contribution in [-0.2, 0) is 9.59 Å². The van der Waals surface area contributed by atoms with Gasteiger partial charge in [0.05, 0.1) is 0 Å². The van der Waals surface area contributed by atoms with Gasteiger partial charge >= 0.3 is 5.97 Å². The van der Waals surface area contributed by atoms with E-state index in [0.717, 1.165) is 18.2 Å². The highest BCUT2D eigenvalue weighted by atomic mass is 19.1. The molecule has 0 aliphatic heterocycles. The van der Waals surface area contributed by atoms with Gasteiger partial charge in [-0.25, -0.2) is 13.6 Å². The van der Waals surface area contributed by atoms with Crippen LogP contribution < -0.4 is 5.32 Å². The largest absolute Gasteiger partial charge is 0.480 e. The number of aliphatic carboxylic acids is 1. The first kappa shape index (κ1) is 15.4. The number of benzene rings is 1. The molecule has 0 bridgehead atoms. The summed E-state index contributed by atoms with van der Waals surface area (Å²) in [6, 6.07) is 2.17. The molecule has 1 aromatic carbocycles. The molecule has 21 heavy (non-hydrogen) atoms. The lowest BCUT2D eigenvalue weighted by Crippen LogP contribution is -2.45. The Kier molecular flexibility index (Phi) is 4.25. The number of amides is 1. The minimum Gasteiger partial charge on any atom is -0.480 e. The van der Waals surface area contributed by atoms with Crippen molar-refractivity contribution in [1.82, 2.24) is 5.32 Å². The van der Waals surface area contributed by atoms with E-state index in [-0.39, 0.29) is 17.4 Å². The smallest absolute Gasteiger partial charge is 0.326 e. The molecule has 0 aromatic heterocycles. The third-order valence-corrected chi connectivity index (χ3v) is 3.72. The van der Waals surface area contributed by atoms with Crippen molar-refractivity contribution in [2.24, 2.45) is 11.8 Å². The predicted molar refractivity (Wildman–Crippen MR) is 71.6 cm³/mol. The molecular weight excluding hydrogens is 280 g/mol. The van der Waals surface area contributed by atoms with Gasteiger partial charge in [0.15, 0.2) is 0 Å². The summed E-state index contributed by atoms with van der Waals surface area (Å²) < 4.78 is 26.8. The van der Waals surface area contributed by atoms with Crippen LogP contribution >= 0.6 is 0 Å². The number of rotatable bonds is 5. The van der Waals surface area contributed by atoms with Crippen molar-refractivity contribution in [3.8, 4) is 0 Å². The third-order valence-electron chi connectivity index (χ3n) is 3.72. The summed E-state index contributed by atoms with van der Waals surface area (Å²) in [6.07, 6.45) is 0.399. The molecule has 1 fully saturated rings. The molecule has 3 atom stereocenters. The van der Waals surface area contributed by atoms with Gasteiger partial charge in [-0.05, 0) is 42.0 Å². The predicted octanol–water partition coefficient (Wildman–Crippen LogP) is 2.29. The van der Waals surface area contributed by atoms with E-state index in [9.17, 15) is 18.4 Å². The lowest BCUT2D eigenvalue weighted by atomic mass is 10.0. The number of carbonyl (C=O) groups excluding carboxylic acids is 1. The van der Waals surface area contributed by atoms with Gasteiger partial charge in [0, 0.05) is 5.92 Å². The summed E-state index contributed by atoms with van der Waals surface area (Å²) in [5.74, 6) is -3.77. The molecule has 0 spiro atoms. The van der Waals surface area contributed by atoms with Gasteiger partial charge in [0.1, 0.15) is 17.7 Å². The van der Waals surface area contributed by atoms with Gasteiger partial charge in [-0.2, -0.15) is 0 Å². The number of carbonyl (C=O) groups is 2. The average molecular weight is 297 g/mol. The molecule has 1 aliphatic carbocycles. The van der Waals surface area contributed by atoms with Crippen LogP contribution in [0, 0.1) is 23.5 Å². The maximum atomic E-state index is 13.6. The van der Waals surface area contributed by atoms with Crippen LogP contribution in [-0.4, -0.2) is 23.0 Å². The molecule has 2 rings (SSSR count). The molecule has 2 N–H and O–H groups in total. The summed E-state index contributed by atoms with van der Waals surface area (Å²) in [4.78, 5) is 23.1. The highest BCUT2D eigenvalue weighted by Gasteiger charge is 2.46. The first-order valence-electron chi connectivity index (χ1n) is 6.79. The van der Waals surface area contributed by atoms with Gasteiger partial charge in [0.25, 0.3) is 0 Å². The van der Waals surface area contributed by atoms with E-state index < -0.39 is 35.5 Å². The van der Waals surface area contributed by atoms with E-state index >= 15 is 0 Å². The van der Waals surface area contributed by atoms with Crippen molar-refractivity contribution < 1.29 is 23.5 Å². The Morgan fingerprint density at radius 1 is 1.33 bits per heavy atom. The Labute approximate surface area is 121 Å². The van der Waals surface area contributed by atoms with E-state index in [1.807, 2.05) is 0 Å². The molecule has 1 saturated carbocycles.